The monoisotopic (exact) mass is 514 g/mol. The quantitative estimate of drug-likeness (QED) is 0.197. The Kier molecular flexibility index (Phi) is 8.01. The summed E-state index contributed by atoms with van der Waals surface area (Å²) in [7, 11) is 0. The molecule has 196 valence electrons. The SMILES string of the molecule is C=C(F)CCC(=O)N(CCCCCc1nc(C2CC2)no1)c1cccc(-c2cnn(-c3cccnc3)c2)c1. The Morgan fingerprint density at radius 3 is 2.79 bits per heavy atom. The fourth-order valence-corrected chi connectivity index (χ4v) is 4.33. The van der Waals surface area contributed by atoms with Crippen molar-refractivity contribution < 1.29 is 13.7 Å². The minimum absolute atomic E-state index is 0.0212. The van der Waals surface area contributed by atoms with E-state index in [-0.39, 0.29) is 18.7 Å². The molecule has 0 atom stereocenters. The van der Waals surface area contributed by atoms with E-state index in [0.717, 1.165) is 66.9 Å². The van der Waals surface area contributed by atoms with Gasteiger partial charge in [-0.25, -0.2) is 9.07 Å². The van der Waals surface area contributed by atoms with Crippen LogP contribution < -0.4 is 4.90 Å². The molecule has 1 fully saturated rings. The summed E-state index contributed by atoms with van der Waals surface area (Å²) in [5.41, 5.74) is 3.50. The van der Waals surface area contributed by atoms with Gasteiger partial charge in [0.1, 0.15) is 0 Å². The van der Waals surface area contributed by atoms with Crippen LogP contribution in [0.4, 0.5) is 10.1 Å². The van der Waals surface area contributed by atoms with Gasteiger partial charge >= 0.3 is 0 Å². The van der Waals surface area contributed by atoms with Crippen LogP contribution in [0.2, 0.25) is 0 Å². The summed E-state index contributed by atoms with van der Waals surface area (Å²) < 4.78 is 20.5. The third-order valence-electron chi connectivity index (χ3n) is 6.59. The van der Waals surface area contributed by atoms with E-state index >= 15 is 0 Å². The Balaban J connectivity index is 1.24. The molecule has 1 saturated carbocycles. The summed E-state index contributed by atoms with van der Waals surface area (Å²) in [6.45, 7) is 3.84. The molecule has 3 heterocycles. The number of benzene rings is 1. The van der Waals surface area contributed by atoms with Crippen molar-refractivity contribution in [3.05, 3.63) is 85.3 Å². The highest BCUT2D eigenvalue weighted by atomic mass is 19.1. The van der Waals surface area contributed by atoms with Gasteiger partial charge in [-0.15, -0.1) is 0 Å². The molecule has 1 aliphatic carbocycles. The van der Waals surface area contributed by atoms with Crippen LogP contribution in [0, 0.1) is 0 Å². The van der Waals surface area contributed by atoms with Gasteiger partial charge in [0, 0.05) is 55.4 Å². The van der Waals surface area contributed by atoms with Crippen LogP contribution in [0.3, 0.4) is 0 Å². The van der Waals surface area contributed by atoms with Crippen molar-refractivity contribution in [3.8, 4) is 16.8 Å². The zero-order chi connectivity index (χ0) is 26.3. The lowest BCUT2D eigenvalue weighted by Crippen LogP contribution is -2.31. The molecule has 1 amide bonds. The number of nitrogens with zero attached hydrogens (tertiary/aromatic N) is 6. The Morgan fingerprint density at radius 1 is 1.11 bits per heavy atom. The fourth-order valence-electron chi connectivity index (χ4n) is 4.33. The van der Waals surface area contributed by atoms with Gasteiger partial charge in [-0.1, -0.05) is 30.3 Å². The molecule has 3 aromatic heterocycles. The number of allylic oxidation sites excluding steroid dienone is 1. The molecule has 0 aliphatic heterocycles. The zero-order valence-corrected chi connectivity index (χ0v) is 21.3. The Labute approximate surface area is 221 Å². The van der Waals surface area contributed by atoms with Crippen molar-refractivity contribution in [2.45, 2.75) is 57.3 Å². The molecular formula is C29H31FN6O2. The predicted octanol–water partition coefficient (Wildman–Crippen LogP) is 6.20. The molecule has 1 aromatic carbocycles. The molecule has 4 aromatic rings. The molecule has 0 unspecified atom stereocenters. The van der Waals surface area contributed by atoms with E-state index in [4.69, 9.17) is 4.52 Å². The average Bonchev–Trinajstić information content (AvgIpc) is 3.47. The highest BCUT2D eigenvalue weighted by Gasteiger charge is 2.28. The molecule has 5 rings (SSSR count). The maximum absolute atomic E-state index is 13.3. The second-order valence-corrected chi connectivity index (χ2v) is 9.63. The Morgan fingerprint density at radius 2 is 2.00 bits per heavy atom. The summed E-state index contributed by atoms with van der Waals surface area (Å²) in [6.07, 6.45) is 12.9. The number of pyridine rings is 1. The first kappa shape index (κ1) is 25.5. The number of amides is 1. The number of aryl methyl sites for hydroxylation is 1. The number of aromatic nitrogens is 5. The minimum atomic E-state index is -0.486. The highest BCUT2D eigenvalue weighted by molar-refractivity contribution is 5.94. The van der Waals surface area contributed by atoms with E-state index in [2.05, 4.69) is 26.8 Å². The molecule has 0 radical (unpaired) electrons. The number of hydrogen-bond acceptors (Lipinski definition) is 6. The van der Waals surface area contributed by atoms with Crippen LogP contribution in [-0.2, 0) is 11.2 Å². The van der Waals surface area contributed by atoms with Gasteiger partial charge in [0.15, 0.2) is 5.82 Å². The van der Waals surface area contributed by atoms with Gasteiger partial charge in [-0.05, 0) is 55.5 Å². The third kappa shape index (κ3) is 6.59. The van der Waals surface area contributed by atoms with Crippen molar-refractivity contribution in [3.63, 3.8) is 0 Å². The van der Waals surface area contributed by atoms with Crippen molar-refractivity contribution in [1.82, 2.24) is 24.9 Å². The molecule has 0 N–H and O–H groups in total. The largest absolute Gasteiger partial charge is 0.339 e. The number of hydrogen-bond donors (Lipinski definition) is 0. The molecule has 9 heteroatoms. The maximum Gasteiger partial charge on any atom is 0.227 e. The van der Waals surface area contributed by atoms with Gasteiger partial charge in [-0.2, -0.15) is 10.1 Å². The number of anilines is 1. The Hall–Kier alpha value is -4.14. The topological polar surface area (TPSA) is 89.9 Å². The average molecular weight is 515 g/mol. The lowest BCUT2D eigenvalue weighted by Gasteiger charge is -2.23. The fraction of sp³-hybridized carbons (Fsp3) is 0.345. The van der Waals surface area contributed by atoms with Crippen LogP contribution >= 0.6 is 0 Å². The lowest BCUT2D eigenvalue weighted by atomic mass is 10.1. The van der Waals surface area contributed by atoms with Gasteiger partial charge in [-0.3, -0.25) is 9.78 Å². The van der Waals surface area contributed by atoms with Crippen LogP contribution in [0.5, 0.6) is 0 Å². The number of carbonyl (C=O) groups excluding carboxylic acids is 1. The van der Waals surface area contributed by atoms with Gasteiger partial charge in [0.2, 0.25) is 11.8 Å². The van der Waals surface area contributed by atoms with Crippen LogP contribution in [0.1, 0.15) is 62.6 Å². The van der Waals surface area contributed by atoms with E-state index in [0.29, 0.717) is 18.4 Å². The van der Waals surface area contributed by atoms with Crippen LogP contribution in [0.25, 0.3) is 16.8 Å². The van der Waals surface area contributed by atoms with E-state index in [1.165, 1.54) is 0 Å². The van der Waals surface area contributed by atoms with Crippen molar-refractivity contribution in [2.24, 2.45) is 0 Å². The zero-order valence-electron chi connectivity index (χ0n) is 21.3. The number of halogens is 1. The predicted molar refractivity (Wildman–Crippen MR) is 142 cm³/mol. The summed E-state index contributed by atoms with van der Waals surface area (Å²) in [5, 5.41) is 8.53. The maximum atomic E-state index is 13.3. The summed E-state index contributed by atoms with van der Waals surface area (Å²) in [5.74, 6) is 1.38. The smallest absolute Gasteiger partial charge is 0.227 e. The molecule has 0 spiro atoms. The second-order valence-electron chi connectivity index (χ2n) is 9.63. The molecular weight excluding hydrogens is 483 g/mol. The van der Waals surface area contributed by atoms with Crippen LogP contribution in [0.15, 0.2) is 78.1 Å². The van der Waals surface area contributed by atoms with E-state index in [1.54, 1.807) is 28.2 Å². The first-order valence-electron chi connectivity index (χ1n) is 13.1. The van der Waals surface area contributed by atoms with Crippen molar-refractivity contribution in [2.75, 3.05) is 11.4 Å². The van der Waals surface area contributed by atoms with Crippen LogP contribution in [-0.4, -0.2) is 37.4 Å². The molecule has 1 aliphatic rings. The van der Waals surface area contributed by atoms with Gasteiger partial charge in [0.25, 0.3) is 0 Å². The van der Waals surface area contributed by atoms with Gasteiger partial charge < -0.3 is 9.42 Å². The number of unbranched alkanes of at least 4 members (excludes halogenated alkanes) is 2. The Bertz CT molecular complexity index is 1380. The first-order valence-corrected chi connectivity index (χ1v) is 13.1. The van der Waals surface area contributed by atoms with Crippen molar-refractivity contribution >= 4 is 11.6 Å². The number of carbonyl (C=O) groups is 1. The van der Waals surface area contributed by atoms with Crippen molar-refractivity contribution in [1.29, 1.82) is 0 Å². The highest BCUT2D eigenvalue weighted by Crippen LogP contribution is 2.38. The first-order chi connectivity index (χ1) is 18.6. The molecule has 0 bridgehead atoms. The number of rotatable bonds is 13. The van der Waals surface area contributed by atoms with E-state index in [9.17, 15) is 9.18 Å². The van der Waals surface area contributed by atoms with E-state index < -0.39 is 5.83 Å². The molecule has 38 heavy (non-hydrogen) atoms. The minimum Gasteiger partial charge on any atom is -0.339 e. The standard InChI is InChI=1S/C29H31FN6O2/c1-21(30)11-14-28(37)35(16-4-2-3-10-27-33-29(34-38-27)22-12-13-22)25-8-5-7-23(17-25)24-18-32-36(20-24)26-9-6-15-31-19-26/h5-9,15,17-20,22H,1-4,10-14,16H2. The third-order valence-corrected chi connectivity index (χ3v) is 6.59. The summed E-state index contributed by atoms with van der Waals surface area (Å²) >= 11 is 0. The molecule has 0 saturated heterocycles. The summed E-state index contributed by atoms with van der Waals surface area (Å²) in [6, 6.07) is 11.6. The normalized spacial score (nSPS) is 13.0. The van der Waals surface area contributed by atoms with Gasteiger partial charge in [0.05, 0.1) is 23.9 Å². The lowest BCUT2D eigenvalue weighted by molar-refractivity contribution is -0.118. The molecule has 8 nitrogen and oxygen atoms in total. The second kappa shape index (κ2) is 11.9. The van der Waals surface area contributed by atoms with E-state index in [1.807, 2.05) is 42.6 Å². The summed E-state index contributed by atoms with van der Waals surface area (Å²) in [4.78, 5) is 23.5.